The first-order valence-corrected chi connectivity index (χ1v) is 11.5. The van der Waals surface area contributed by atoms with Crippen molar-refractivity contribution in [2.75, 3.05) is 0 Å². The third kappa shape index (κ3) is 6.34. The summed E-state index contributed by atoms with van der Waals surface area (Å²) in [6, 6.07) is 8.05. The number of halogens is 8. The monoisotopic (exact) mass is 530 g/mol. The van der Waals surface area contributed by atoms with Crippen LogP contribution in [0, 0.1) is 23.4 Å². The Hall–Kier alpha value is -3.30. The summed E-state index contributed by atoms with van der Waals surface area (Å²) >= 11 is 0. The molecule has 3 aromatic rings. The highest BCUT2D eigenvalue weighted by molar-refractivity contribution is 5.66. The van der Waals surface area contributed by atoms with Crippen LogP contribution in [0.2, 0.25) is 0 Å². The Morgan fingerprint density at radius 1 is 0.703 bits per heavy atom. The number of rotatable bonds is 6. The highest BCUT2D eigenvalue weighted by atomic mass is 19.4. The standard InChI is InChI=1S/C27H22F8O2/c1-15-2-4-16(5-3-15)18-12-22(29)25(23(30)13-18)17-6-8-19(9-7-17)26(31,32)36-20-10-11-24(21(28)14-20)37-27(33,34)35/h6-16H,2-5H2,1H3. The van der Waals surface area contributed by atoms with Gasteiger partial charge in [0.25, 0.3) is 0 Å². The highest BCUT2D eigenvalue weighted by Crippen LogP contribution is 2.39. The molecule has 0 aliphatic heterocycles. The zero-order chi connectivity index (χ0) is 27.0. The Bertz CT molecular complexity index is 1220. The van der Waals surface area contributed by atoms with E-state index in [1.807, 2.05) is 0 Å². The molecule has 1 saturated carbocycles. The van der Waals surface area contributed by atoms with Crippen LogP contribution >= 0.6 is 0 Å². The van der Waals surface area contributed by atoms with Crippen molar-refractivity contribution >= 4 is 0 Å². The number of ether oxygens (including phenoxy) is 2. The molecule has 198 valence electrons. The minimum atomic E-state index is -5.16. The molecule has 0 spiro atoms. The zero-order valence-electron chi connectivity index (χ0n) is 19.5. The number of hydrogen-bond acceptors (Lipinski definition) is 2. The second kappa shape index (κ2) is 10.2. The molecule has 0 heterocycles. The van der Waals surface area contributed by atoms with E-state index >= 15 is 0 Å². The fourth-order valence-electron chi connectivity index (χ4n) is 4.49. The molecule has 37 heavy (non-hydrogen) atoms. The molecule has 10 heteroatoms. The predicted molar refractivity (Wildman–Crippen MR) is 120 cm³/mol. The van der Waals surface area contributed by atoms with Crippen LogP contribution in [0.4, 0.5) is 35.1 Å². The van der Waals surface area contributed by atoms with Crippen molar-refractivity contribution in [2.24, 2.45) is 5.92 Å². The van der Waals surface area contributed by atoms with E-state index in [0.717, 1.165) is 49.9 Å². The maximum atomic E-state index is 14.9. The minimum Gasteiger partial charge on any atom is -0.429 e. The largest absolute Gasteiger partial charge is 0.573 e. The number of alkyl halides is 5. The maximum Gasteiger partial charge on any atom is 0.573 e. The lowest BCUT2D eigenvalue weighted by atomic mass is 9.79. The van der Waals surface area contributed by atoms with Gasteiger partial charge in [-0.1, -0.05) is 31.9 Å². The molecule has 4 rings (SSSR count). The first-order valence-electron chi connectivity index (χ1n) is 11.5. The predicted octanol–water partition coefficient (Wildman–Crippen LogP) is 9.09. The molecule has 0 aromatic heterocycles. The van der Waals surface area contributed by atoms with Crippen molar-refractivity contribution in [2.45, 2.75) is 51.0 Å². The lowest BCUT2D eigenvalue weighted by Gasteiger charge is -2.26. The average molecular weight is 530 g/mol. The van der Waals surface area contributed by atoms with Crippen molar-refractivity contribution in [3.8, 4) is 22.6 Å². The molecule has 1 aliphatic carbocycles. The van der Waals surface area contributed by atoms with E-state index in [2.05, 4.69) is 16.4 Å². The lowest BCUT2D eigenvalue weighted by molar-refractivity contribution is -0.275. The third-order valence-electron chi connectivity index (χ3n) is 6.44. The molecule has 1 fully saturated rings. The Balaban J connectivity index is 1.51. The van der Waals surface area contributed by atoms with Gasteiger partial charge in [-0.25, -0.2) is 13.2 Å². The lowest BCUT2D eigenvalue weighted by Crippen LogP contribution is -2.22. The van der Waals surface area contributed by atoms with Crippen LogP contribution in [0.5, 0.6) is 11.5 Å². The van der Waals surface area contributed by atoms with Gasteiger partial charge in [-0.15, -0.1) is 13.2 Å². The van der Waals surface area contributed by atoms with Gasteiger partial charge in [-0.05, 0) is 72.2 Å². The SMILES string of the molecule is CC1CCC(c2cc(F)c(-c3ccc(C(F)(F)Oc4ccc(OC(F)(F)F)c(F)c4)cc3)c(F)c2)CC1. The molecule has 3 aromatic carbocycles. The molecule has 0 unspecified atom stereocenters. The quantitative estimate of drug-likeness (QED) is 0.296. The first kappa shape index (κ1) is 26.8. The van der Waals surface area contributed by atoms with E-state index < -0.39 is 47.0 Å². The van der Waals surface area contributed by atoms with Gasteiger partial charge in [0, 0.05) is 6.07 Å². The van der Waals surface area contributed by atoms with Crippen molar-refractivity contribution in [3.63, 3.8) is 0 Å². The zero-order valence-corrected chi connectivity index (χ0v) is 19.5. The smallest absolute Gasteiger partial charge is 0.429 e. The summed E-state index contributed by atoms with van der Waals surface area (Å²) in [6.45, 7) is 2.14. The van der Waals surface area contributed by atoms with E-state index in [0.29, 0.717) is 29.7 Å². The van der Waals surface area contributed by atoms with Gasteiger partial charge in [0.05, 0.1) is 11.1 Å². The Morgan fingerprint density at radius 2 is 1.30 bits per heavy atom. The van der Waals surface area contributed by atoms with Gasteiger partial charge in [-0.2, -0.15) is 8.78 Å². The molecule has 0 radical (unpaired) electrons. The van der Waals surface area contributed by atoms with Gasteiger partial charge >= 0.3 is 12.5 Å². The van der Waals surface area contributed by atoms with Crippen LogP contribution in [0.15, 0.2) is 54.6 Å². The fourth-order valence-corrected chi connectivity index (χ4v) is 4.49. The van der Waals surface area contributed by atoms with E-state index in [-0.39, 0.29) is 17.0 Å². The van der Waals surface area contributed by atoms with Crippen LogP contribution in [-0.4, -0.2) is 6.36 Å². The highest BCUT2D eigenvalue weighted by Gasteiger charge is 2.36. The summed E-state index contributed by atoms with van der Waals surface area (Å²) in [5.41, 5.74) is -0.480. The molecule has 0 N–H and O–H groups in total. The average Bonchev–Trinajstić information content (AvgIpc) is 2.80. The molecule has 2 nitrogen and oxygen atoms in total. The fraction of sp³-hybridized carbons (Fsp3) is 0.333. The Kier molecular flexibility index (Phi) is 7.39. The molecular weight excluding hydrogens is 508 g/mol. The molecule has 0 atom stereocenters. The molecular formula is C27H22F8O2. The van der Waals surface area contributed by atoms with Crippen LogP contribution in [-0.2, 0) is 6.11 Å². The van der Waals surface area contributed by atoms with Gasteiger partial charge in [0.15, 0.2) is 11.6 Å². The molecule has 0 bridgehead atoms. The van der Waals surface area contributed by atoms with E-state index in [1.165, 1.54) is 12.1 Å². The first-order chi connectivity index (χ1) is 17.3. The summed E-state index contributed by atoms with van der Waals surface area (Å²) in [5.74, 6) is -4.49. The van der Waals surface area contributed by atoms with Gasteiger partial charge < -0.3 is 9.47 Å². The van der Waals surface area contributed by atoms with E-state index in [1.54, 1.807) is 0 Å². The van der Waals surface area contributed by atoms with E-state index in [9.17, 15) is 35.1 Å². The minimum absolute atomic E-state index is 0.0260. The normalized spacial score (nSPS) is 18.5. The van der Waals surface area contributed by atoms with Gasteiger partial charge in [0.2, 0.25) is 0 Å². The van der Waals surface area contributed by atoms with E-state index in [4.69, 9.17) is 0 Å². The van der Waals surface area contributed by atoms with Crippen LogP contribution in [0.1, 0.15) is 49.7 Å². The third-order valence-corrected chi connectivity index (χ3v) is 6.44. The number of benzene rings is 3. The van der Waals surface area contributed by atoms with Gasteiger partial charge in [-0.3, -0.25) is 0 Å². The van der Waals surface area contributed by atoms with Crippen LogP contribution in [0.25, 0.3) is 11.1 Å². The van der Waals surface area contributed by atoms with Crippen molar-refractivity contribution in [3.05, 3.63) is 83.2 Å². The molecule has 0 amide bonds. The van der Waals surface area contributed by atoms with Crippen LogP contribution in [0.3, 0.4) is 0 Å². The second-order valence-corrected chi connectivity index (χ2v) is 9.15. The van der Waals surface area contributed by atoms with Crippen LogP contribution < -0.4 is 9.47 Å². The summed E-state index contributed by atoms with van der Waals surface area (Å²) in [4.78, 5) is 0. The summed E-state index contributed by atoms with van der Waals surface area (Å²) in [6.07, 6.45) is -5.56. The summed E-state index contributed by atoms with van der Waals surface area (Å²) < 4.78 is 118. The summed E-state index contributed by atoms with van der Waals surface area (Å²) in [7, 11) is 0. The van der Waals surface area contributed by atoms with Crippen molar-refractivity contribution in [1.82, 2.24) is 0 Å². The summed E-state index contributed by atoms with van der Waals surface area (Å²) in [5, 5.41) is 0. The van der Waals surface area contributed by atoms with Gasteiger partial charge in [0.1, 0.15) is 17.4 Å². The second-order valence-electron chi connectivity index (χ2n) is 9.15. The molecule has 0 saturated heterocycles. The Labute approximate surface area is 207 Å². The molecule has 1 aliphatic rings. The Morgan fingerprint density at radius 3 is 1.84 bits per heavy atom. The topological polar surface area (TPSA) is 18.5 Å². The van der Waals surface area contributed by atoms with Crippen molar-refractivity contribution in [1.29, 1.82) is 0 Å². The van der Waals surface area contributed by atoms with Crippen molar-refractivity contribution < 1.29 is 44.6 Å². The maximum absolute atomic E-state index is 14.9. The number of hydrogen-bond donors (Lipinski definition) is 0.